The Hall–Kier alpha value is -1.02. The summed E-state index contributed by atoms with van der Waals surface area (Å²) in [5.41, 5.74) is 1.31. The minimum Gasteiger partial charge on any atom is -0.497 e. The lowest BCUT2D eigenvalue weighted by Crippen LogP contribution is -2.19. The Morgan fingerprint density at radius 2 is 1.88 bits per heavy atom. The third-order valence-electron chi connectivity index (χ3n) is 4.18. The van der Waals surface area contributed by atoms with Crippen LogP contribution in [0, 0.1) is 5.92 Å². The van der Waals surface area contributed by atoms with Gasteiger partial charge in [0.25, 0.3) is 0 Å². The Morgan fingerprint density at radius 3 is 2.59 bits per heavy atom. The third-order valence-corrected chi connectivity index (χ3v) is 4.18. The molecule has 1 saturated carbocycles. The Bertz CT molecular complexity index is 357. The molecule has 0 N–H and O–H groups in total. The number of hydrogen-bond acceptors (Lipinski definition) is 2. The second-order valence-corrected chi connectivity index (χ2v) is 5.22. The van der Waals surface area contributed by atoms with Crippen LogP contribution in [-0.2, 0) is 4.74 Å². The summed E-state index contributed by atoms with van der Waals surface area (Å²) >= 11 is 0. The highest BCUT2D eigenvalue weighted by Gasteiger charge is 2.36. The normalized spacial score (nSPS) is 32.2. The van der Waals surface area contributed by atoms with Gasteiger partial charge in [0.05, 0.1) is 19.3 Å². The van der Waals surface area contributed by atoms with Crippen molar-refractivity contribution < 1.29 is 9.47 Å². The number of hydrogen-bond donors (Lipinski definition) is 0. The molecule has 0 radical (unpaired) electrons. The number of methoxy groups -OCH3 is 1. The van der Waals surface area contributed by atoms with Gasteiger partial charge in [-0.25, -0.2) is 0 Å². The van der Waals surface area contributed by atoms with Gasteiger partial charge in [-0.15, -0.1) is 0 Å². The predicted octanol–water partition coefficient (Wildman–Crippen LogP) is 3.72. The first-order chi connectivity index (χ1) is 8.36. The summed E-state index contributed by atoms with van der Waals surface area (Å²) < 4.78 is 11.4. The maximum Gasteiger partial charge on any atom is 0.118 e. The fourth-order valence-corrected chi connectivity index (χ4v) is 3.20. The molecule has 2 nitrogen and oxygen atoms in total. The van der Waals surface area contributed by atoms with Crippen LogP contribution in [0.15, 0.2) is 24.3 Å². The van der Waals surface area contributed by atoms with Gasteiger partial charge in [-0.3, -0.25) is 0 Å². The molecule has 92 valence electrons. The van der Waals surface area contributed by atoms with Crippen molar-refractivity contribution in [1.29, 1.82) is 0 Å². The molecule has 3 unspecified atom stereocenters. The van der Waals surface area contributed by atoms with Crippen LogP contribution >= 0.6 is 0 Å². The van der Waals surface area contributed by atoms with Crippen molar-refractivity contribution in [2.75, 3.05) is 7.11 Å². The molecule has 0 aromatic heterocycles. The number of fused-ring (bicyclic) bond motifs is 1. The molecule has 1 saturated heterocycles. The van der Waals surface area contributed by atoms with Crippen LogP contribution in [-0.4, -0.2) is 13.2 Å². The van der Waals surface area contributed by atoms with Crippen LogP contribution in [0.5, 0.6) is 5.75 Å². The van der Waals surface area contributed by atoms with E-state index in [9.17, 15) is 0 Å². The van der Waals surface area contributed by atoms with E-state index in [1.165, 1.54) is 37.7 Å². The van der Waals surface area contributed by atoms with E-state index >= 15 is 0 Å². The van der Waals surface area contributed by atoms with Crippen molar-refractivity contribution in [3.8, 4) is 5.75 Å². The highest BCUT2D eigenvalue weighted by atomic mass is 16.5. The highest BCUT2D eigenvalue weighted by molar-refractivity contribution is 5.29. The number of rotatable bonds is 2. The maximum absolute atomic E-state index is 6.18. The molecule has 17 heavy (non-hydrogen) atoms. The van der Waals surface area contributed by atoms with Crippen molar-refractivity contribution in [3.63, 3.8) is 0 Å². The van der Waals surface area contributed by atoms with E-state index < -0.39 is 0 Å². The molecule has 1 heterocycles. The minimum absolute atomic E-state index is 0.314. The number of benzene rings is 1. The summed E-state index contributed by atoms with van der Waals surface area (Å²) in [5.74, 6) is 1.72. The standard InChI is InChI=1S/C15H20O2/c1-16-13-8-6-11(7-9-13)15-10-12-4-2-3-5-14(12)17-15/h6-9,12,14-15H,2-5,10H2,1H3. The van der Waals surface area contributed by atoms with Gasteiger partial charge < -0.3 is 9.47 Å². The van der Waals surface area contributed by atoms with Gasteiger partial charge in [0.1, 0.15) is 5.75 Å². The fourth-order valence-electron chi connectivity index (χ4n) is 3.20. The molecule has 1 aliphatic heterocycles. The van der Waals surface area contributed by atoms with Crippen molar-refractivity contribution in [2.24, 2.45) is 5.92 Å². The predicted molar refractivity (Wildman–Crippen MR) is 67.2 cm³/mol. The van der Waals surface area contributed by atoms with Gasteiger partial charge in [-0.1, -0.05) is 25.0 Å². The first-order valence-corrected chi connectivity index (χ1v) is 6.66. The molecule has 1 aromatic rings. The summed E-state index contributed by atoms with van der Waals surface area (Å²) in [7, 11) is 1.70. The van der Waals surface area contributed by atoms with Crippen LogP contribution in [0.4, 0.5) is 0 Å². The molecule has 0 spiro atoms. The first kappa shape index (κ1) is 11.1. The second kappa shape index (κ2) is 4.69. The topological polar surface area (TPSA) is 18.5 Å². The molecule has 1 aromatic carbocycles. The molecule has 2 fully saturated rings. The van der Waals surface area contributed by atoms with E-state index in [4.69, 9.17) is 9.47 Å². The van der Waals surface area contributed by atoms with E-state index in [-0.39, 0.29) is 0 Å². The molecule has 2 aliphatic rings. The zero-order valence-corrected chi connectivity index (χ0v) is 10.4. The summed E-state index contributed by atoms with van der Waals surface area (Å²) in [6, 6.07) is 8.34. The lowest BCUT2D eigenvalue weighted by molar-refractivity contribution is 0.0183. The average Bonchev–Trinajstić information content (AvgIpc) is 2.82. The summed E-state index contributed by atoms with van der Waals surface area (Å²) in [4.78, 5) is 0. The third kappa shape index (κ3) is 2.19. The monoisotopic (exact) mass is 232 g/mol. The lowest BCUT2D eigenvalue weighted by Gasteiger charge is -2.23. The Labute approximate surface area is 103 Å². The van der Waals surface area contributed by atoms with Crippen LogP contribution < -0.4 is 4.74 Å². The van der Waals surface area contributed by atoms with Crippen LogP contribution in [0.1, 0.15) is 43.8 Å². The van der Waals surface area contributed by atoms with E-state index in [1.807, 2.05) is 12.1 Å². The van der Waals surface area contributed by atoms with E-state index in [1.54, 1.807) is 7.11 Å². The minimum atomic E-state index is 0.314. The Morgan fingerprint density at radius 1 is 1.12 bits per heavy atom. The quantitative estimate of drug-likeness (QED) is 0.773. The van der Waals surface area contributed by atoms with Gasteiger partial charge in [-0.2, -0.15) is 0 Å². The van der Waals surface area contributed by atoms with Crippen molar-refractivity contribution in [2.45, 2.75) is 44.3 Å². The highest BCUT2D eigenvalue weighted by Crippen LogP contribution is 2.43. The van der Waals surface area contributed by atoms with Gasteiger partial charge in [0, 0.05) is 0 Å². The van der Waals surface area contributed by atoms with E-state index in [2.05, 4.69) is 12.1 Å². The van der Waals surface area contributed by atoms with Crippen molar-refractivity contribution in [1.82, 2.24) is 0 Å². The van der Waals surface area contributed by atoms with Crippen LogP contribution in [0.25, 0.3) is 0 Å². The van der Waals surface area contributed by atoms with Crippen LogP contribution in [0.3, 0.4) is 0 Å². The summed E-state index contributed by atoms with van der Waals surface area (Å²) in [5, 5.41) is 0. The molecule has 2 heteroatoms. The SMILES string of the molecule is COc1ccc(C2CC3CCCCC3O2)cc1. The van der Waals surface area contributed by atoms with Crippen LogP contribution in [0.2, 0.25) is 0 Å². The van der Waals surface area contributed by atoms with Gasteiger partial charge in [0.15, 0.2) is 0 Å². The summed E-state index contributed by atoms with van der Waals surface area (Å²) in [6.07, 6.45) is 7.40. The van der Waals surface area contributed by atoms with Crippen molar-refractivity contribution in [3.05, 3.63) is 29.8 Å². The Balaban J connectivity index is 1.72. The molecular weight excluding hydrogens is 212 g/mol. The smallest absolute Gasteiger partial charge is 0.118 e. The largest absolute Gasteiger partial charge is 0.497 e. The molecule has 1 aliphatic carbocycles. The molecule has 3 atom stereocenters. The average molecular weight is 232 g/mol. The number of ether oxygens (including phenoxy) is 2. The maximum atomic E-state index is 6.18. The molecule has 0 bridgehead atoms. The Kier molecular flexibility index (Phi) is 3.06. The molecular formula is C15H20O2. The van der Waals surface area contributed by atoms with Gasteiger partial charge in [0.2, 0.25) is 0 Å². The zero-order chi connectivity index (χ0) is 11.7. The molecule has 3 rings (SSSR count). The van der Waals surface area contributed by atoms with E-state index in [0.717, 1.165) is 11.7 Å². The molecule has 0 amide bonds. The van der Waals surface area contributed by atoms with Gasteiger partial charge in [-0.05, 0) is 42.9 Å². The van der Waals surface area contributed by atoms with E-state index in [0.29, 0.717) is 12.2 Å². The van der Waals surface area contributed by atoms with Gasteiger partial charge >= 0.3 is 0 Å². The fraction of sp³-hybridized carbons (Fsp3) is 0.600. The lowest BCUT2D eigenvalue weighted by atomic mass is 9.85. The summed E-state index contributed by atoms with van der Waals surface area (Å²) in [6.45, 7) is 0. The first-order valence-electron chi connectivity index (χ1n) is 6.66. The van der Waals surface area contributed by atoms with Crippen molar-refractivity contribution >= 4 is 0 Å². The zero-order valence-electron chi connectivity index (χ0n) is 10.4. The second-order valence-electron chi connectivity index (χ2n) is 5.22.